The number of unbranched alkanes of at least 4 members (excludes halogenated alkanes) is 2. The summed E-state index contributed by atoms with van der Waals surface area (Å²) in [6, 6.07) is 2.12. The molecule has 0 radical (unpaired) electrons. The van der Waals surface area contributed by atoms with Crippen LogP contribution in [0.3, 0.4) is 0 Å². The zero-order chi connectivity index (χ0) is 23.1. The summed E-state index contributed by atoms with van der Waals surface area (Å²) in [5.41, 5.74) is 2.36. The Morgan fingerprint density at radius 2 is 1.61 bits per heavy atom. The molecule has 0 aromatic carbocycles. The molecule has 2 atom stereocenters. The molecule has 0 amide bonds. The number of ether oxygens (including phenoxy) is 1. The van der Waals surface area contributed by atoms with E-state index in [1.807, 2.05) is 0 Å². The van der Waals surface area contributed by atoms with Gasteiger partial charge in [0.15, 0.2) is 0 Å². The van der Waals surface area contributed by atoms with Crippen molar-refractivity contribution < 1.29 is 9.53 Å². The van der Waals surface area contributed by atoms with Crippen LogP contribution in [0.4, 0.5) is 0 Å². The van der Waals surface area contributed by atoms with Crippen LogP contribution in [0.2, 0.25) is 0 Å². The molecule has 0 heterocycles. The molecule has 0 bridgehead atoms. The van der Waals surface area contributed by atoms with Crippen LogP contribution in [0.15, 0.2) is 22.9 Å². The van der Waals surface area contributed by atoms with Crippen molar-refractivity contribution in [2.45, 2.75) is 105 Å². The number of nitrogens with zero attached hydrogens (tertiary/aromatic N) is 2. The highest BCUT2D eigenvalue weighted by Crippen LogP contribution is 2.30. The van der Waals surface area contributed by atoms with Gasteiger partial charge in [-0.25, -0.2) is 4.79 Å². The second-order valence-corrected chi connectivity index (χ2v) is 8.96. The summed E-state index contributed by atoms with van der Waals surface area (Å²) in [5.74, 6) is 0.909. The summed E-state index contributed by atoms with van der Waals surface area (Å²) in [6.45, 7) is 13.4. The molecule has 31 heavy (non-hydrogen) atoms. The van der Waals surface area contributed by atoms with Crippen molar-refractivity contribution >= 4 is 5.97 Å². The van der Waals surface area contributed by atoms with Crippen molar-refractivity contribution in [2.75, 3.05) is 19.7 Å². The molecule has 1 rings (SSSR count). The maximum absolute atomic E-state index is 12.3. The number of hydrogen-bond donors (Lipinski definition) is 0. The monoisotopic (exact) mass is 430 g/mol. The lowest BCUT2D eigenvalue weighted by molar-refractivity contribution is -0.138. The fourth-order valence-electron chi connectivity index (χ4n) is 4.47. The lowest BCUT2D eigenvalue weighted by Gasteiger charge is -2.36. The highest BCUT2D eigenvalue weighted by Gasteiger charge is 2.23. The highest BCUT2D eigenvalue weighted by molar-refractivity contribution is 5.94. The summed E-state index contributed by atoms with van der Waals surface area (Å²) in [7, 11) is 0. The van der Waals surface area contributed by atoms with E-state index in [4.69, 9.17) is 4.74 Å². The summed E-state index contributed by atoms with van der Waals surface area (Å²) in [4.78, 5) is 14.9. The molecule has 4 heteroatoms. The lowest BCUT2D eigenvalue weighted by atomic mass is 9.91. The van der Waals surface area contributed by atoms with Crippen LogP contribution in [0, 0.1) is 23.2 Å². The quantitative estimate of drug-likeness (QED) is 0.157. The molecule has 1 aliphatic carbocycles. The van der Waals surface area contributed by atoms with Crippen LogP contribution in [0.1, 0.15) is 105 Å². The number of carbonyl (C=O) groups excluding carboxylic acids is 1. The van der Waals surface area contributed by atoms with E-state index in [1.165, 1.54) is 57.1 Å². The van der Waals surface area contributed by atoms with Crippen molar-refractivity contribution in [3.05, 3.63) is 22.9 Å². The van der Waals surface area contributed by atoms with Crippen molar-refractivity contribution in [2.24, 2.45) is 11.8 Å². The highest BCUT2D eigenvalue weighted by atomic mass is 16.5. The molecule has 2 unspecified atom stereocenters. The van der Waals surface area contributed by atoms with E-state index in [9.17, 15) is 10.1 Å². The Balaban J connectivity index is 3.20. The Labute approximate surface area is 191 Å². The molecule has 0 aromatic rings. The van der Waals surface area contributed by atoms with Gasteiger partial charge in [0.05, 0.1) is 6.61 Å². The van der Waals surface area contributed by atoms with Gasteiger partial charge in [0.1, 0.15) is 11.6 Å². The maximum Gasteiger partial charge on any atom is 0.349 e. The minimum absolute atomic E-state index is 0.190. The third kappa shape index (κ3) is 9.50. The normalized spacial score (nSPS) is 17.4. The molecule has 0 saturated heterocycles. The minimum atomic E-state index is -0.479. The average molecular weight is 431 g/mol. The minimum Gasteiger partial charge on any atom is -0.462 e. The fraction of sp³-hybridized carbons (Fsp3) is 0.778. The van der Waals surface area contributed by atoms with Gasteiger partial charge in [0.2, 0.25) is 0 Å². The molecule has 0 spiro atoms. The van der Waals surface area contributed by atoms with Crippen molar-refractivity contribution in [1.29, 1.82) is 5.26 Å². The second-order valence-electron chi connectivity index (χ2n) is 8.96. The van der Waals surface area contributed by atoms with Crippen LogP contribution in [0.25, 0.3) is 0 Å². The lowest BCUT2D eigenvalue weighted by Crippen LogP contribution is -2.34. The number of rotatable bonds is 15. The van der Waals surface area contributed by atoms with Crippen molar-refractivity contribution in [3.63, 3.8) is 0 Å². The van der Waals surface area contributed by atoms with E-state index in [-0.39, 0.29) is 5.57 Å². The summed E-state index contributed by atoms with van der Waals surface area (Å²) >= 11 is 0. The molecule has 0 fully saturated rings. The van der Waals surface area contributed by atoms with E-state index in [0.717, 1.165) is 37.9 Å². The number of carbonyl (C=O) groups is 1. The topological polar surface area (TPSA) is 53.3 Å². The molecule has 4 nitrogen and oxygen atoms in total. The van der Waals surface area contributed by atoms with Gasteiger partial charge in [0, 0.05) is 18.8 Å². The summed E-state index contributed by atoms with van der Waals surface area (Å²) in [6.07, 6.45) is 14.9. The number of nitriles is 1. The largest absolute Gasteiger partial charge is 0.462 e. The summed E-state index contributed by atoms with van der Waals surface area (Å²) < 4.78 is 5.13. The molecule has 0 saturated carbocycles. The van der Waals surface area contributed by atoms with Crippen molar-refractivity contribution in [1.82, 2.24) is 4.90 Å². The standard InChI is InChI=1S/C27H46N2O2/c1-6-11-14-22(8-3)20-29(21-23(9-4)15-12-7-2)25-17-13-16-24(18-25)26(19-28)27(30)31-10-5/h18,22-23H,6-17,20-21H2,1-5H3/b26-24-. The van der Waals surface area contributed by atoms with Gasteiger partial charge in [0.25, 0.3) is 0 Å². The van der Waals surface area contributed by atoms with Gasteiger partial charge < -0.3 is 9.64 Å². The van der Waals surface area contributed by atoms with Gasteiger partial charge in [-0.15, -0.1) is 0 Å². The maximum atomic E-state index is 12.3. The Kier molecular flexibility index (Phi) is 14.0. The Morgan fingerprint density at radius 3 is 2.06 bits per heavy atom. The predicted octanol–water partition coefficient (Wildman–Crippen LogP) is 7.17. The first kappa shape index (κ1) is 27.3. The first-order valence-corrected chi connectivity index (χ1v) is 12.8. The third-order valence-corrected chi connectivity index (χ3v) is 6.58. The molecule has 0 N–H and O–H groups in total. The van der Waals surface area contributed by atoms with Gasteiger partial charge >= 0.3 is 5.97 Å². The Hall–Kier alpha value is -1.76. The van der Waals surface area contributed by atoms with Crippen LogP contribution < -0.4 is 0 Å². The Morgan fingerprint density at radius 1 is 1.03 bits per heavy atom. The van der Waals surface area contributed by atoms with Gasteiger partial charge in [-0.2, -0.15) is 5.26 Å². The van der Waals surface area contributed by atoms with E-state index in [0.29, 0.717) is 18.4 Å². The summed E-state index contributed by atoms with van der Waals surface area (Å²) in [5, 5.41) is 9.61. The van der Waals surface area contributed by atoms with E-state index >= 15 is 0 Å². The zero-order valence-corrected chi connectivity index (χ0v) is 20.8. The van der Waals surface area contributed by atoms with Gasteiger partial charge in [-0.1, -0.05) is 66.2 Å². The SMILES string of the molecule is CCCCC(CC)CN(CC(CC)CCCC)C1=C/C(=C(/C#N)C(=O)OCC)CCC1. The van der Waals surface area contributed by atoms with Crippen molar-refractivity contribution in [3.8, 4) is 6.07 Å². The van der Waals surface area contributed by atoms with E-state index < -0.39 is 5.97 Å². The number of esters is 1. The number of hydrogen-bond acceptors (Lipinski definition) is 4. The first-order chi connectivity index (χ1) is 15.0. The fourth-order valence-corrected chi connectivity index (χ4v) is 4.47. The molecule has 176 valence electrons. The van der Waals surface area contributed by atoms with E-state index in [2.05, 4.69) is 44.7 Å². The van der Waals surface area contributed by atoms with E-state index in [1.54, 1.807) is 6.92 Å². The molecule has 0 aromatic heterocycles. The smallest absolute Gasteiger partial charge is 0.349 e. The van der Waals surface area contributed by atoms with Crippen LogP contribution >= 0.6 is 0 Å². The first-order valence-electron chi connectivity index (χ1n) is 12.8. The van der Waals surface area contributed by atoms with Gasteiger partial charge in [-0.05, 0) is 62.5 Å². The van der Waals surface area contributed by atoms with Crippen LogP contribution in [-0.4, -0.2) is 30.6 Å². The molecular weight excluding hydrogens is 384 g/mol. The second kappa shape index (κ2) is 16.0. The number of allylic oxidation sites excluding steroid dienone is 3. The third-order valence-electron chi connectivity index (χ3n) is 6.58. The molecular formula is C27H46N2O2. The average Bonchev–Trinajstić information content (AvgIpc) is 2.79. The van der Waals surface area contributed by atoms with Gasteiger partial charge in [-0.3, -0.25) is 0 Å². The van der Waals surface area contributed by atoms with Crippen LogP contribution in [0.5, 0.6) is 0 Å². The zero-order valence-electron chi connectivity index (χ0n) is 20.8. The Bertz CT molecular complexity index is 612. The molecule has 1 aliphatic rings. The molecule has 0 aliphatic heterocycles. The predicted molar refractivity (Wildman–Crippen MR) is 129 cm³/mol. The van der Waals surface area contributed by atoms with Crippen LogP contribution in [-0.2, 0) is 9.53 Å².